The average molecular weight is 458 g/mol. The summed E-state index contributed by atoms with van der Waals surface area (Å²) < 4.78 is 26.8. The maximum atomic E-state index is 14.8. The Labute approximate surface area is 188 Å². The number of benzene rings is 1. The first-order valence-corrected chi connectivity index (χ1v) is 10.3. The van der Waals surface area contributed by atoms with Crippen molar-refractivity contribution < 1.29 is 28.2 Å². The number of hydrogen-bond acceptors (Lipinski definition) is 7. The number of fused-ring (bicyclic) bond motifs is 1. The molecule has 2 aliphatic rings. The van der Waals surface area contributed by atoms with Gasteiger partial charge in [-0.25, -0.2) is 9.18 Å². The van der Waals surface area contributed by atoms with Crippen LogP contribution in [0.5, 0.6) is 5.75 Å². The standard InChI is InChI=1S/C22H23FN4O6/c1-22(2,3)33-21(31)26-7-6-12(10-26)32-15-5-4-11(8-14(15)23)27-16(28)9-13-17(18(27)24)20(30)25-19(13)29/h4-5,8-9,12H,6-7,10,24H2,1-3H3,(H,25,29,30). The number of ether oxygens (including phenoxy) is 2. The number of halogens is 1. The number of nitrogens with one attached hydrogen (secondary N) is 1. The van der Waals surface area contributed by atoms with Crippen molar-refractivity contribution in [3.8, 4) is 11.4 Å². The summed E-state index contributed by atoms with van der Waals surface area (Å²) >= 11 is 0. The highest BCUT2D eigenvalue weighted by atomic mass is 19.1. The van der Waals surface area contributed by atoms with E-state index in [4.69, 9.17) is 15.2 Å². The van der Waals surface area contributed by atoms with Gasteiger partial charge in [0.1, 0.15) is 17.5 Å². The number of carbonyl (C=O) groups is 3. The Morgan fingerprint density at radius 2 is 1.91 bits per heavy atom. The van der Waals surface area contributed by atoms with Crippen LogP contribution in [0.4, 0.5) is 15.0 Å². The predicted molar refractivity (Wildman–Crippen MR) is 115 cm³/mol. The van der Waals surface area contributed by atoms with E-state index in [9.17, 15) is 23.6 Å². The maximum absolute atomic E-state index is 14.8. The highest BCUT2D eigenvalue weighted by molar-refractivity contribution is 6.23. The SMILES string of the molecule is CC(C)(C)OC(=O)N1CCC(Oc2ccc(-n3c(N)c4c(cc3=O)C(=O)NC4=O)cc2F)C1. The summed E-state index contributed by atoms with van der Waals surface area (Å²) in [5.74, 6) is -2.51. The second-order valence-corrected chi connectivity index (χ2v) is 8.84. The Morgan fingerprint density at radius 3 is 2.58 bits per heavy atom. The van der Waals surface area contributed by atoms with E-state index >= 15 is 0 Å². The number of nitrogen functional groups attached to an aromatic ring is 1. The topological polar surface area (TPSA) is 133 Å². The lowest BCUT2D eigenvalue weighted by molar-refractivity contribution is 0.0275. The number of carbonyl (C=O) groups excluding carboxylic acids is 3. The van der Waals surface area contributed by atoms with Gasteiger partial charge in [-0.1, -0.05) is 0 Å². The van der Waals surface area contributed by atoms with Gasteiger partial charge in [-0.2, -0.15) is 0 Å². The zero-order valence-electron chi connectivity index (χ0n) is 18.3. The van der Waals surface area contributed by atoms with Crippen molar-refractivity contribution in [2.24, 2.45) is 0 Å². The molecule has 3 amide bonds. The van der Waals surface area contributed by atoms with Gasteiger partial charge in [0.05, 0.1) is 23.4 Å². The van der Waals surface area contributed by atoms with Gasteiger partial charge in [-0.05, 0) is 32.9 Å². The Morgan fingerprint density at radius 1 is 1.18 bits per heavy atom. The minimum absolute atomic E-state index is 0.0597. The molecule has 2 aromatic rings. The number of rotatable bonds is 3. The number of pyridine rings is 1. The number of aromatic nitrogens is 1. The van der Waals surface area contributed by atoms with Crippen LogP contribution in [0.1, 0.15) is 47.9 Å². The van der Waals surface area contributed by atoms with Gasteiger partial charge < -0.3 is 20.1 Å². The summed E-state index contributed by atoms with van der Waals surface area (Å²) in [6, 6.07) is 4.79. The predicted octanol–water partition coefficient (Wildman–Crippen LogP) is 1.83. The third-order valence-corrected chi connectivity index (χ3v) is 5.22. The Balaban J connectivity index is 1.53. The minimum Gasteiger partial charge on any atom is -0.485 e. The first-order valence-electron chi connectivity index (χ1n) is 10.3. The molecule has 0 radical (unpaired) electrons. The number of amides is 3. The molecule has 0 saturated carbocycles. The second-order valence-electron chi connectivity index (χ2n) is 8.84. The van der Waals surface area contributed by atoms with Crippen molar-refractivity contribution >= 4 is 23.7 Å². The number of nitrogens with zero attached hydrogens (tertiary/aromatic N) is 2. The second kappa shape index (κ2) is 7.91. The van der Waals surface area contributed by atoms with Gasteiger partial charge in [0, 0.05) is 25.1 Å². The van der Waals surface area contributed by atoms with Crippen molar-refractivity contribution in [3.05, 3.63) is 51.6 Å². The largest absolute Gasteiger partial charge is 0.485 e. The summed E-state index contributed by atoms with van der Waals surface area (Å²) in [5.41, 5.74) is 4.49. The molecule has 3 N–H and O–H groups in total. The molecule has 1 unspecified atom stereocenters. The maximum Gasteiger partial charge on any atom is 0.410 e. The number of anilines is 1. The molecule has 11 heteroatoms. The zero-order chi connectivity index (χ0) is 24.1. The van der Waals surface area contributed by atoms with Crippen molar-refractivity contribution in [2.75, 3.05) is 18.8 Å². The highest BCUT2D eigenvalue weighted by Gasteiger charge is 2.33. The van der Waals surface area contributed by atoms with E-state index in [1.54, 1.807) is 20.8 Å². The average Bonchev–Trinajstić information content (AvgIpc) is 3.27. The molecule has 10 nitrogen and oxygen atoms in total. The van der Waals surface area contributed by atoms with E-state index in [0.29, 0.717) is 13.0 Å². The van der Waals surface area contributed by atoms with Crippen molar-refractivity contribution in [1.29, 1.82) is 0 Å². The molecule has 1 atom stereocenters. The smallest absolute Gasteiger partial charge is 0.410 e. The molecule has 0 spiro atoms. The van der Waals surface area contributed by atoms with E-state index < -0.39 is 41.0 Å². The fourth-order valence-electron chi connectivity index (χ4n) is 3.77. The Bertz CT molecular complexity index is 1230. The number of imide groups is 1. The van der Waals surface area contributed by atoms with Gasteiger partial charge in [-0.15, -0.1) is 0 Å². The molecule has 33 heavy (non-hydrogen) atoms. The third kappa shape index (κ3) is 4.26. The minimum atomic E-state index is -0.754. The number of likely N-dealkylation sites (tertiary alicyclic amines) is 1. The van der Waals surface area contributed by atoms with Crippen LogP contribution in [0.25, 0.3) is 5.69 Å². The number of nitrogens with two attached hydrogens (primary N) is 1. The molecule has 2 aliphatic heterocycles. The van der Waals surface area contributed by atoms with Gasteiger partial charge in [0.25, 0.3) is 17.4 Å². The van der Waals surface area contributed by atoms with E-state index in [1.807, 2.05) is 0 Å². The molecule has 4 rings (SSSR count). The summed E-state index contributed by atoms with van der Waals surface area (Å²) in [5, 5.41) is 2.07. The van der Waals surface area contributed by atoms with Crippen LogP contribution in [-0.4, -0.2) is 52.2 Å². The van der Waals surface area contributed by atoms with Crippen LogP contribution in [-0.2, 0) is 4.74 Å². The molecule has 174 valence electrons. The molecule has 1 saturated heterocycles. The van der Waals surface area contributed by atoms with Crippen LogP contribution < -0.4 is 21.3 Å². The first-order chi connectivity index (χ1) is 15.4. The monoisotopic (exact) mass is 458 g/mol. The lowest BCUT2D eigenvalue weighted by Crippen LogP contribution is -2.36. The summed E-state index contributed by atoms with van der Waals surface area (Å²) in [7, 11) is 0. The molecule has 1 fully saturated rings. The zero-order valence-corrected chi connectivity index (χ0v) is 18.3. The van der Waals surface area contributed by atoms with E-state index in [1.165, 1.54) is 17.0 Å². The summed E-state index contributed by atoms with van der Waals surface area (Å²) in [6.45, 7) is 5.98. The van der Waals surface area contributed by atoms with Gasteiger partial charge in [0.2, 0.25) is 0 Å². The van der Waals surface area contributed by atoms with Gasteiger partial charge in [0.15, 0.2) is 11.6 Å². The Hall–Kier alpha value is -3.89. The highest BCUT2D eigenvalue weighted by Crippen LogP contribution is 2.27. The van der Waals surface area contributed by atoms with Crippen LogP contribution in [0, 0.1) is 5.82 Å². The van der Waals surface area contributed by atoms with Crippen LogP contribution in [0.3, 0.4) is 0 Å². The molecular formula is C22H23FN4O6. The van der Waals surface area contributed by atoms with Crippen LogP contribution in [0.15, 0.2) is 29.1 Å². The fraction of sp³-hybridized carbons (Fsp3) is 0.364. The molecule has 1 aromatic heterocycles. The van der Waals surface area contributed by atoms with Crippen molar-refractivity contribution in [3.63, 3.8) is 0 Å². The molecule has 3 heterocycles. The lowest BCUT2D eigenvalue weighted by Gasteiger charge is -2.24. The molecular weight excluding hydrogens is 435 g/mol. The van der Waals surface area contributed by atoms with E-state index in [2.05, 4.69) is 5.32 Å². The summed E-state index contributed by atoms with van der Waals surface area (Å²) in [4.78, 5) is 50.0. The Kier molecular flexibility index (Phi) is 5.35. The first kappa shape index (κ1) is 22.3. The lowest BCUT2D eigenvalue weighted by atomic mass is 10.1. The van der Waals surface area contributed by atoms with Gasteiger partial charge in [-0.3, -0.25) is 24.3 Å². The van der Waals surface area contributed by atoms with Crippen LogP contribution in [0.2, 0.25) is 0 Å². The molecule has 1 aromatic carbocycles. The third-order valence-electron chi connectivity index (χ3n) is 5.22. The van der Waals surface area contributed by atoms with Crippen molar-refractivity contribution in [2.45, 2.75) is 38.9 Å². The molecule has 0 bridgehead atoms. The van der Waals surface area contributed by atoms with E-state index in [0.717, 1.165) is 16.7 Å². The number of hydrogen-bond donors (Lipinski definition) is 2. The van der Waals surface area contributed by atoms with Crippen molar-refractivity contribution in [1.82, 2.24) is 14.8 Å². The quantitative estimate of drug-likeness (QED) is 0.671. The van der Waals surface area contributed by atoms with Crippen LogP contribution >= 0.6 is 0 Å². The summed E-state index contributed by atoms with van der Waals surface area (Å²) in [6.07, 6.45) is -0.389. The van der Waals surface area contributed by atoms with E-state index in [-0.39, 0.29) is 34.9 Å². The normalized spacial score (nSPS) is 17.7. The fourth-order valence-corrected chi connectivity index (χ4v) is 3.77. The van der Waals surface area contributed by atoms with Gasteiger partial charge >= 0.3 is 6.09 Å². The molecule has 0 aliphatic carbocycles.